The Kier molecular flexibility index (Phi) is 9.23. The second-order valence-corrected chi connectivity index (χ2v) is 10.6. The van der Waals surface area contributed by atoms with Gasteiger partial charge in [0.1, 0.15) is 12.1 Å². The maximum Gasteiger partial charge on any atom is 0.329 e. The van der Waals surface area contributed by atoms with Gasteiger partial charge in [-0.3, -0.25) is 19.2 Å². The van der Waals surface area contributed by atoms with E-state index in [1.165, 1.54) is 11.8 Å². The summed E-state index contributed by atoms with van der Waals surface area (Å²) in [5.74, 6) is -1.66. The fraction of sp³-hybridized carbons (Fsp3) is 0.393. The minimum absolute atomic E-state index is 0.0709. The fourth-order valence-electron chi connectivity index (χ4n) is 4.93. The molecule has 0 aliphatic carbocycles. The number of thioether (sulfide) groups is 1. The van der Waals surface area contributed by atoms with Gasteiger partial charge in [-0.15, -0.1) is 0 Å². The molecular weight excluding hydrogens is 520 g/mol. The van der Waals surface area contributed by atoms with Crippen LogP contribution in [0.5, 0.6) is 0 Å². The molecule has 0 bridgehead atoms. The molecule has 1 aliphatic heterocycles. The number of H-pyrrole nitrogens is 1. The number of benzene rings is 2. The third-order valence-electron chi connectivity index (χ3n) is 7.10. The fourth-order valence-corrected chi connectivity index (χ4v) is 5.40. The minimum atomic E-state index is -1.20. The van der Waals surface area contributed by atoms with Gasteiger partial charge in [0, 0.05) is 19.5 Å². The summed E-state index contributed by atoms with van der Waals surface area (Å²) in [4.78, 5) is 69.4. The number of likely N-dealkylation sites (tertiary alicyclic amines) is 1. The summed E-state index contributed by atoms with van der Waals surface area (Å²) in [5, 5.41) is 12.4. The van der Waals surface area contributed by atoms with Gasteiger partial charge in [0.2, 0.25) is 11.8 Å². The summed E-state index contributed by atoms with van der Waals surface area (Å²) in [6.45, 7) is 0.581. The molecule has 2 aromatic carbocycles. The average Bonchev–Trinajstić information content (AvgIpc) is 2.94. The molecule has 11 heteroatoms. The van der Waals surface area contributed by atoms with Crippen molar-refractivity contribution in [3.05, 3.63) is 81.0 Å². The quantitative estimate of drug-likeness (QED) is 0.349. The Hall–Kier alpha value is -3.86. The van der Waals surface area contributed by atoms with Crippen molar-refractivity contribution in [3.63, 3.8) is 0 Å². The number of aromatic amines is 1. The standard InChI is InChI=1S/C28H32N4O6S/c1-39-16-13-22(26(35)31-14-11-19(12-15-31)27(36)37)29-24(33)23(17-18-7-3-2-4-8-18)32-25(34)20-9-5-6-10-21(20)30-28(32)38/h2-10,19,22-23H,11-17H2,1H3,(H,29,33)(H,30,38)(H,36,37). The van der Waals surface area contributed by atoms with Gasteiger partial charge in [-0.2, -0.15) is 11.8 Å². The molecule has 10 nitrogen and oxygen atoms in total. The summed E-state index contributed by atoms with van der Waals surface area (Å²) in [6, 6.07) is 13.6. The van der Waals surface area contributed by atoms with Crippen molar-refractivity contribution in [1.29, 1.82) is 0 Å². The van der Waals surface area contributed by atoms with Crippen LogP contribution < -0.4 is 16.6 Å². The van der Waals surface area contributed by atoms with Crippen LogP contribution in [0, 0.1) is 5.92 Å². The van der Waals surface area contributed by atoms with Crippen molar-refractivity contribution < 1.29 is 19.5 Å². The van der Waals surface area contributed by atoms with Gasteiger partial charge >= 0.3 is 11.7 Å². The van der Waals surface area contributed by atoms with Crippen molar-refractivity contribution in [1.82, 2.24) is 19.8 Å². The monoisotopic (exact) mass is 552 g/mol. The highest BCUT2D eigenvalue weighted by Crippen LogP contribution is 2.20. The molecule has 2 atom stereocenters. The van der Waals surface area contributed by atoms with Crippen molar-refractivity contribution >= 4 is 40.4 Å². The Morgan fingerprint density at radius 1 is 1.05 bits per heavy atom. The first kappa shape index (κ1) is 28.2. The SMILES string of the molecule is CSCCC(NC(=O)C(Cc1ccccc1)n1c(=O)[nH]c2ccccc2c1=O)C(=O)N1CCC(C(=O)O)CC1. The van der Waals surface area contributed by atoms with Crippen LogP contribution in [0.15, 0.2) is 64.2 Å². The molecule has 1 fully saturated rings. The van der Waals surface area contributed by atoms with Gasteiger partial charge in [-0.1, -0.05) is 42.5 Å². The lowest BCUT2D eigenvalue weighted by atomic mass is 9.96. The zero-order valence-electron chi connectivity index (χ0n) is 21.7. The molecule has 3 aromatic rings. The average molecular weight is 553 g/mol. The molecule has 3 N–H and O–H groups in total. The number of piperidine rings is 1. The van der Waals surface area contributed by atoms with Gasteiger partial charge in [0.15, 0.2) is 0 Å². The molecule has 2 unspecified atom stereocenters. The Labute approximate surface area is 229 Å². The highest BCUT2D eigenvalue weighted by Gasteiger charge is 2.33. The maximum atomic E-state index is 13.8. The second kappa shape index (κ2) is 12.8. The lowest BCUT2D eigenvalue weighted by molar-refractivity contribution is -0.146. The van der Waals surface area contributed by atoms with Gasteiger partial charge in [0.25, 0.3) is 5.56 Å². The normalized spacial score (nSPS) is 15.6. The number of hydrogen-bond acceptors (Lipinski definition) is 6. The first-order chi connectivity index (χ1) is 18.8. The van der Waals surface area contributed by atoms with Gasteiger partial charge < -0.3 is 20.3 Å². The van der Waals surface area contributed by atoms with E-state index in [9.17, 15) is 29.1 Å². The number of nitrogens with one attached hydrogen (secondary N) is 2. The first-order valence-corrected chi connectivity index (χ1v) is 14.3. The number of carboxylic acid groups (broad SMARTS) is 1. The largest absolute Gasteiger partial charge is 0.481 e. The van der Waals surface area contributed by atoms with Crippen molar-refractivity contribution in [3.8, 4) is 0 Å². The number of carboxylic acids is 1. The Bertz CT molecular complexity index is 1450. The van der Waals surface area contributed by atoms with E-state index < -0.39 is 41.1 Å². The summed E-state index contributed by atoms with van der Waals surface area (Å²) in [6.07, 6.45) is 3.02. The third-order valence-corrected chi connectivity index (χ3v) is 7.75. The number of carbonyl (C=O) groups excluding carboxylic acids is 2. The highest BCUT2D eigenvalue weighted by atomic mass is 32.2. The molecule has 1 saturated heterocycles. The number of fused-ring (bicyclic) bond motifs is 1. The first-order valence-electron chi connectivity index (χ1n) is 12.9. The molecule has 1 aliphatic rings. The van der Waals surface area contributed by atoms with Gasteiger partial charge in [-0.05, 0) is 49.0 Å². The van der Waals surface area contributed by atoms with E-state index in [1.807, 2.05) is 36.6 Å². The predicted octanol–water partition coefficient (Wildman–Crippen LogP) is 2.03. The molecule has 206 valence electrons. The van der Waals surface area contributed by atoms with E-state index in [1.54, 1.807) is 29.2 Å². The summed E-state index contributed by atoms with van der Waals surface area (Å²) in [7, 11) is 0. The number of aliphatic carboxylic acids is 1. The van der Waals surface area contributed by atoms with Crippen LogP contribution in [-0.4, -0.2) is 68.5 Å². The van der Waals surface area contributed by atoms with E-state index in [2.05, 4.69) is 10.3 Å². The summed E-state index contributed by atoms with van der Waals surface area (Å²) < 4.78 is 0.930. The number of hydrogen-bond donors (Lipinski definition) is 3. The molecule has 0 radical (unpaired) electrons. The van der Waals surface area contributed by atoms with Crippen LogP contribution in [0.1, 0.15) is 30.9 Å². The molecule has 39 heavy (non-hydrogen) atoms. The molecule has 2 heterocycles. The Morgan fingerprint density at radius 2 is 1.72 bits per heavy atom. The van der Waals surface area contributed by atoms with Gasteiger partial charge in [0.05, 0.1) is 16.8 Å². The van der Waals surface area contributed by atoms with Crippen LogP contribution >= 0.6 is 11.8 Å². The molecule has 2 amide bonds. The molecular formula is C28H32N4O6S. The van der Waals surface area contributed by atoms with Crippen molar-refractivity contribution in [2.24, 2.45) is 5.92 Å². The van der Waals surface area contributed by atoms with Crippen LogP contribution in [-0.2, 0) is 20.8 Å². The van der Waals surface area contributed by atoms with E-state index in [-0.39, 0.29) is 17.7 Å². The number of rotatable bonds is 10. The van der Waals surface area contributed by atoms with Crippen LogP contribution in [0.25, 0.3) is 10.9 Å². The number of para-hydroxylation sites is 1. The molecule has 0 saturated carbocycles. The zero-order valence-corrected chi connectivity index (χ0v) is 22.5. The van der Waals surface area contributed by atoms with Crippen LogP contribution in [0.4, 0.5) is 0 Å². The number of nitrogens with zero attached hydrogens (tertiary/aromatic N) is 2. The van der Waals surface area contributed by atoms with Gasteiger partial charge in [-0.25, -0.2) is 9.36 Å². The molecule has 1 aromatic heterocycles. The van der Waals surface area contributed by atoms with Crippen LogP contribution in [0.2, 0.25) is 0 Å². The summed E-state index contributed by atoms with van der Waals surface area (Å²) in [5.41, 5.74) is -0.175. The third kappa shape index (κ3) is 6.59. The lowest BCUT2D eigenvalue weighted by Crippen LogP contribution is -2.54. The Balaban J connectivity index is 1.65. The summed E-state index contributed by atoms with van der Waals surface area (Å²) >= 11 is 1.53. The lowest BCUT2D eigenvalue weighted by Gasteiger charge is -2.33. The minimum Gasteiger partial charge on any atom is -0.481 e. The van der Waals surface area contributed by atoms with Crippen molar-refractivity contribution in [2.45, 2.75) is 37.8 Å². The van der Waals surface area contributed by atoms with E-state index >= 15 is 0 Å². The number of amides is 2. The van der Waals surface area contributed by atoms with E-state index in [4.69, 9.17) is 0 Å². The maximum absolute atomic E-state index is 13.8. The van der Waals surface area contributed by atoms with Crippen molar-refractivity contribution in [2.75, 3.05) is 25.1 Å². The smallest absolute Gasteiger partial charge is 0.329 e. The second-order valence-electron chi connectivity index (χ2n) is 9.64. The predicted molar refractivity (Wildman–Crippen MR) is 150 cm³/mol. The highest BCUT2D eigenvalue weighted by molar-refractivity contribution is 7.98. The van der Waals surface area contributed by atoms with E-state index in [0.29, 0.717) is 43.6 Å². The Morgan fingerprint density at radius 3 is 2.38 bits per heavy atom. The molecule has 0 spiro atoms. The molecule has 4 rings (SSSR count). The van der Waals surface area contributed by atoms with E-state index in [0.717, 1.165) is 10.1 Å². The topological polar surface area (TPSA) is 142 Å². The van der Waals surface area contributed by atoms with Crippen LogP contribution in [0.3, 0.4) is 0 Å². The zero-order chi connectivity index (χ0) is 27.9. The number of aromatic nitrogens is 2. The number of carbonyl (C=O) groups is 3.